The molecule has 0 N–H and O–H groups in total. The maximum Gasteiger partial charge on any atom is 0.137 e. The third kappa shape index (κ3) is 4.89. The molecular weight excluding hydrogens is 300 g/mol. The van der Waals surface area contributed by atoms with Crippen molar-refractivity contribution in [3.63, 3.8) is 0 Å². The normalized spacial score (nSPS) is 11.6. The Labute approximate surface area is 118 Å². The molecule has 96 valence electrons. The van der Waals surface area contributed by atoms with Gasteiger partial charge in [-0.15, -0.1) is 0 Å². The van der Waals surface area contributed by atoms with Gasteiger partial charge in [0, 0.05) is 5.33 Å². The maximum absolute atomic E-state index is 6.21. The fourth-order valence-corrected chi connectivity index (χ4v) is 2.09. The molecule has 0 aliphatic rings. The van der Waals surface area contributed by atoms with Crippen molar-refractivity contribution in [1.29, 1.82) is 0 Å². The summed E-state index contributed by atoms with van der Waals surface area (Å²) >= 11 is 9.61. The molecule has 0 amide bonds. The Kier molecular flexibility index (Phi) is 5.81. The van der Waals surface area contributed by atoms with Crippen molar-refractivity contribution in [2.75, 3.05) is 11.9 Å². The minimum atomic E-state index is 0.123. The first-order valence-electron chi connectivity index (χ1n) is 5.94. The molecule has 0 spiro atoms. The van der Waals surface area contributed by atoms with E-state index >= 15 is 0 Å². The van der Waals surface area contributed by atoms with E-state index in [1.54, 1.807) is 0 Å². The Morgan fingerprint density at radius 3 is 2.47 bits per heavy atom. The van der Waals surface area contributed by atoms with Crippen molar-refractivity contribution in [2.24, 2.45) is 0 Å². The van der Waals surface area contributed by atoms with Crippen LogP contribution in [-0.4, -0.2) is 11.9 Å². The lowest BCUT2D eigenvalue weighted by Crippen LogP contribution is -2.11. The smallest absolute Gasteiger partial charge is 0.137 e. The quantitative estimate of drug-likeness (QED) is 0.536. The third-order valence-corrected chi connectivity index (χ3v) is 3.44. The van der Waals surface area contributed by atoms with E-state index in [2.05, 4.69) is 42.8 Å². The zero-order valence-corrected chi connectivity index (χ0v) is 13.1. The zero-order chi connectivity index (χ0) is 12.9. The SMILES string of the molecule is CC(C)(C)c1ccc(OCCCCBr)c(Cl)c1. The molecule has 0 aromatic heterocycles. The molecule has 0 fully saturated rings. The average molecular weight is 320 g/mol. The molecule has 0 unspecified atom stereocenters. The molecule has 17 heavy (non-hydrogen) atoms. The first kappa shape index (κ1) is 14.8. The van der Waals surface area contributed by atoms with Crippen LogP contribution in [0.25, 0.3) is 0 Å². The minimum Gasteiger partial charge on any atom is -0.492 e. The van der Waals surface area contributed by atoms with Gasteiger partial charge in [-0.05, 0) is 36.0 Å². The number of halogens is 2. The summed E-state index contributed by atoms with van der Waals surface area (Å²) in [6.07, 6.45) is 2.17. The molecule has 1 nitrogen and oxygen atoms in total. The van der Waals surface area contributed by atoms with E-state index in [9.17, 15) is 0 Å². The number of hydrogen-bond donors (Lipinski definition) is 0. The van der Waals surface area contributed by atoms with Crippen LogP contribution in [0.1, 0.15) is 39.2 Å². The van der Waals surface area contributed by atoms with Crippen LogP contribution in [0.15, 0.2) is 18.2 Å². The summed E-state index contributed by atoms with van der Waals surface area (Å²) in [7, 11) is 0. The molecule has 0 heterocycles. The maximum atomic E-state index is 6.21. The number of benzene rings is 1. The van der Waals surface area contributed by atoms with Gasteiger partial charge in [0.1, 0.15) is 5.75 Å². The van der Waals surface area contributed by atoms with Crippen LogP contribution >= 0.6 is 27.5 Å². The summed E-state index contributed by atoms with van der Waals surface area (Å²) in [5.74, 6) is 0.786. The Morgan fingerprint density at radius 1 is 1.24 bits per heavy atom. The van der Waals surface area contributed by atoms with Gasteiger partial charge >= 0.3 is 0 Å². The van der Waals surface area contributed by atoms with Gasteiger partial charge in [-0.2, -0.15) is 0 Å². The molecule has 0 bridgehead atoms. The molecule has 0 radical (unpaired) electrons. The van der Waals surface area contributed by atoms with Crippen LogP contribution < -0.4 is 4.74 Å². The van der Waals surface area contributed by atoms with E-state index in [1.807, 2.05) is 12.1 Å². The van der Waals surface area contributed by atoms with Crippen LogP contribution in [0.2, 0.25) is 5.02 Å². The number of ether oxygens (including phenoxy) is 1. The summed E-state index contributed by atoms with van der Waals surface area (Å²) in [5.41, 5.74) is 1.35. The molecule has 0 atom stereocenters. The number of hydrogen-bond acceptors (Lipinski definition) is 1. The minimum absolute atomic E-state index is 0.123. The molecule has 1 aromatic carbocycles. The Hall–Kier alpha value is -0.210. The van der Waals surface area contributed by atoms with Crippen LogP contribution in [0.3, 0.4) is 0 Å². The van der Waals surface area contributed by atoms with E-state index < -0.39 is 0 Å². The van der Waals surface area contributed by atoms with Crippen LogP contribution in [-0.2, 0) is 5.41 Å². The second-order valence-corrected chi connectivity index (χ2v) is 6.34. The van der Waals surface area contributed by atoms with E-state index in [4.69, 9.17) is 16.3 Å². The summed E-state index contributed by atoms with van der Waals surface area (Å²) < 4.78 is 5.65. The topological polar surface area (TPSA) is 9.23 Å². The molecule has 0 saturated carbocycles. The third-order valence-electron chi connectivity index (χ3n) is 2.58. The zero-order valence-electron chi connectivity index (χ0n) is 10.7. The predicted octanol–water partition coefficient (Wildman–Crippen LogP) is 5.19. The first-order valence-corrected chi connectivity index (χ1v) is 7.44. The molecule has 0 aliphatic heterocycles. The highest BCUT2D eigenvalue weighted by Crippen LogP contribution is 2.31. The second-order valence-electron chi connectivity index (χ2n) is 5.14. The van der Waals surface area contributed by atoms with E-state index in [-0.39, 0.29) is 5.41 Å². The van der Waals surface area contributed by atoms with Gasteiger partial charge in [0.2, 0.25) is 0 Å². The fourth-order valence-electron chi connectivity index (χ4n) is 1.46. The van der Waals surface area contributed by atoms with E-state index in [0.29, 0.717) is 5.02 Å². The molecule has 0 saturated heterocycles. The van der Waals surface area contributed by atoms with Gasteiger partial charge in [0.05, 0.1) is 11.6 Å². The molecule has 1 rings (SSSR count). The Bertz CT molecular complexity index is 358. The predicted molar refractivity (Wildman–Crippen MR) is 78.7 cm³/mol. The van der Waals surface area contributed by atoms with Crippen LogP contribution in [0, 0.1) is 0 Å². The van der Waals surface area contributed by atoms with Crippen molar-refractivity contribution in [2.45, 2.75) is 39.0 Å². The Balaban J connectivity index is 2.64. The van der Waals surface area contributed by atoms with Crippen molar-refractivity contribution in [3.05, 3.63) is 28.8 Å². The Morgan fingerprint density at radius 2 is 1.94 bits per heavy atom. The number of rotatable bonds is 5. The summed E-state index contributed by atoms with van der Waals surface area (Å²) in [5, 5.41) is 1.73. The monoisotopic (exact) mass is 318 g/mol. The van der Waals surface area contributed by atoms with Crippen LogP contribution in [0.5, 0.6) is 5.75 Å². The molecule has 0 aliphatic carbocycles. The van der Waals surface area contributed by atoms with Crippen molar-refractivity contribution in [1.82, 2.24) is 0 Å². The van der Waals surface area contributed by atoms with Gasteiger partial charge in [0.25, 0.3) is 0 Å². The van der Waals surface area contributed by atoms with Crippen molar-refractivity contribution in [3.8, 4) is 5.75 Å². The molecule has 3 heteroatoms. The van der Waals surface area contributed by atoms with Crippen molar-refractivity contribution < 1.29 is 4.74 Å². The lowest BCUT2D eigenvalue weighted by molar-refractivity contribution is 0.310. The highest BCUT2D eigenvalue weighted by molar-refractivity contribution is 9.09. The lowest BCUT2D eigenvalue weighted by atomic mass is 9.87. The van der Waals surface area contributed by atoms with Gasteiger partial charge in [0.15, 0.2) is 0 Å². The summed E-state index contributed by atoms with van der Waals surface area (Å²) in [4.78, 5) is 0. The van der Waals surface area contributed by atoms with Crippen LogP contribution in [0.4, 0.5) is 0 Å². The lowest BCUT2D eigenvalue weighted by Gasteiger charge is -2.20. The summed E-state index contributed by atoms with van der Waals surface area (Å²) in [6.45, 7) is 7.25. The molecule has 1 aromatic rings. The fraction of sp³-hybridized carbons (Fsp3) is 0.571. The van der Waals surface area contributed by atoms with Gasteiger partial charge in [-0.1, -0.05) is 54.4 Å². The highest BCUT2D eigenvalue weighted by atomic mass is 79.9. The number of alkyl halides is 1. The highest BCUT2D eigenvalue weighted by Gasteiger charge is 2.15. The number of unbranched alkanes of at least 4 members (excludes halogenated alkanes) is 1. The summed E-state index contributed by atoms with van der Waals surface area (Å²) in [6, 6.07) is 6.06. The van der Waals surface area contributed by atoms with Gasteiger partial charge in [-0.3, -0.25) is 0 Å². The average Bonchev–Trinajstić information content (AvgIpc) is 2.24. The van der Waals surface area contributed by atoms with Gasteiger partial charge < -0.3 is 4.74 Å². The van der Waals surface area contributed by atoms with Gasteiger partial charge in [-0.25, -0.2) is 0 Å². The van der Waals surface area contributed by atoms with E-state index in [1.165, 1.54) is 5.56 Å². The van der Waals surface area contributed by atoms with E-state index in [0.717, 1.165) is 30.5 Å². The molecular formula is C14H20BrClO. The first-order chi connectivity index (χ1) is 7.95. The van der Waals surface area contributed by atoms with Crippen molar-refractivity contribution >= 4 is 27.5 Å². The largest absolute Gasteiger partial charge is 0.492 e. The standard InChI is InChI=1S/C14H20BrClO/c1-14(2,3)11-6-7-13(12(16)10-11)17-9-5-4-8-15/h6-7,10H,4-5,8-9H2,1-3H3. The second kappa shape index (κ2) is 6.65.